The van der Waals surface area contributed by atoms with E-state index >= 15 is 0 Å². The normalized spacial score (nSPS) is 15.1. The molecule has 1 amide bonds. The van der Waals surface area contributed by atoms with E-state index in [9.17, 15) is 4.79 Å². The van der Waals surface area contributed by atoms with Crippen LogP contribution in [0.3, 0.4) is 0 Å². The SMILES string of the molecule is Cc1ccc(N=C2C(=O)Nc3c2cc(Br)c(Cl)c3C)c(C)c1. The molecule has 0 aromatic heterocycles. The van der Waals surface area contributed by atoms with Crippen molar-refractivity contribution in [3.63, 3.8) is 0 Å². The van der Waals surface area contributed by atoms with Gasteiger partial charge in [0.1, 0.15) is 5.71 Å². The number of nitrogens with zero attached hydrogens (tertiary/aromatic N) is 1. The summed E-state index contributed by atoms with van der Waals surface area (Å²) in [7, 11) is 0. The highest BCUT2D eigenvalue weighted by Crippen LogP contribution is 2.38. The average molecular weight is 378 g/mol. The van der Waals surface area contributed by atoms with Gasteiger partial charge >= 0.3 is 0 Å². The molecule has 22 heavy (non-hydrogen) atoms. The van der Waals surface area contributed by atoms with Crippen LogP contribution in [0.5, 0.6) is 0 Å². The molecule has 1 heterocycles. The van der Waals surface area contributed by atoms with Gasteiger partial charge in [0, 0.05) is 10.0 Å². The molecule has 112 valence electrons. The zero-order chi connectivity index (χ0) is 16.0. The minimum Gasteiger partial charge on any atom is -0.320 e. The average Bonchev–Trinajstić information content (AvgIpc) is 2.76. The van der Waals surface area contributed by atoms with E-state index in [1.807, 2.05) is 39.0 Å². The van der Waals surface area contributed by atoms with E-state index in [4.69, 9.17) is 11.6 Å². The minimum absolute atomic E-state index is 0.202. The molecule has 1 N–H and O–H groups in total. The highest BCUT2D eigenvalue weighted by atomic mass is 79.9. The molecule has 0 saturated heterocycles. The number of anilines is 1. The monoisotopic (exact) mass is 376 g/mol. The van der Waals surface area contributed by atoms with Crippen LogP contribution in [0.2, 0.25) is 5.02 Å². The van der Waals surface area contributed by atoms with E-state index in [0.717, 1.165) is 32.5 Å². The zero-order valence-corrected chi connectivity index (χ0v) is 14.8. The van der Waals surface area contributed by atoms with Crippen LogP contribution in [0, 0.1) is 20.8 Å². The molecule has 1 aliphatic heterocycles. The Morgan fingerprint density at radius 1 is 1.18 bits per heavy atom. The van der Waals surface area contributed by atoms with Gasteiger partial charge in [0.25, 0.3) is 5.91 Å². The number of hydrogen-bond donors (Lipinski definition) is 1. The summed E-state index contributed by atoms with van der Waals surface area (Å²) < 4.78 is 0.759. The fraction of sp³-hybridized carbons (Fsp3) is 0.176. The van der Waals surface area contributed by atoms with Gasteiger partial charge in [-0.15, -0.1) is 0 Å². The largest absolute Gasteiger partial charge is 0.320 e. The van der Waals surface area contributed by atoms with Gasteiger partial charge in [-0.1, -0.05) is 29.3 Å². The van der Waals surface area contributed by atoms with E-state index in [1.165, 1.54) is 5.56 Å². The quantitative estimate of drug-likeness (QED) is 0.738. The third-order valence-electron chi connectivity index (χ3n) is 3.75. The van der Waals surface area contributed by atoms with Crippen LogP contribution in [0.25, 0.3) is 0 Å². The lowest BCUT2D eigenvalue weighted by atomic mass is 10.1. The molecule has 2 aromatic rings. The molecule has 3 nitrogen and oxygen atoms in total. The molecule has 0 atom stereocenters. The summed E-state index contributed by atoms with van der Waals surface area (Å²) in [5.41, 5.74) is 5.78. The first kappa shape index (κ1) is 15.3. The smallest absolute Gasteiger partial charge is 0.275 e. The summed E-state index contributed by atoms with van der Waals surface area (Å²) >= 11 is 9.65. The van der Waals surface area contributed by atoms with Gasteiger partial charge in [-0.2, -0.15) is 0 Å². The van der Waals surface area contributed by atoms with Crippen LogP contribution in [-0.4, -0.2) is 11.6 Å². The number of aryl methyl sites for hydroxylation is 2. The van der Waals surface area contributed by atoms with Gasteiger partial charge in [0.2, 0.25) is 0 Å². The number of rotatable bonds is 1. The van der Waals surface area contributed by atoms with Crippen molar-refractivity contribution in [3.8, 4) is 0 Å². The van der Waals surface area contributed by atoms with Crippen LogP contribution < -0.4 is 5.32 Å². The summed E-state index contributed by atoms with van der Waals surface area (Å²) in [6.45, 7) is 5.90. The molecule has 0 saturated carbocycles. The molecule has 2 aromatic carbocycles. The van der Waals surface area contributed by atoms with Crippen molar-refractivity contribution in [2.24, 2.45) is 4.99 Å². The van der Waals surface area contributed by atoms with E-state index in [2.05, 4.69) is 32.3 Å². The van der Waals surface area contributed by atoms with Crippen LogP contribution in [-0.2, 0) is 4.79 Å². The van der Waals surface area contributed by atoms with Gasteiger partial charge in [-0.05, 0) is 60.0 Å². The summed E-state index contributed by atoms with van der Waals surface area (Å²) in [5, 5.41) is 3.46. The first-order chi connectivity index (χ1) is 10.4. The third-order valence-corrected chi connectivity index (χ3v) is 5.09. The molecule has 0 spiro atoms. The number of fused-ring (bicyclic) bond motifs is 1. The summed E-state index contributed by atoms with van der Waals surface area (Å²) in [5.74, 6) is -0.202. The maximum atomic E-state index is 12.3. The minimum atomic E-state index is -0.202. The third kappa shape index (κ3) is 2.46. The summed E-state index contributed by atoms with van der Waals surface area (Å²) in [6.07, 6.45) is 0. The standard InChI is InChI=1S/C17H14BrClN2O/c1-8-4-5-13(9(2)6-8)20-16-11-7-12(18)14(19)10(3)15(11)21-17(16)22/h4-7H,1-3H3,(H,20,21,22). The first-order valence-electron chi connectivity index (χ1n) is 6.84. The summed E-state index contributed by atoms with van der Waals surface area (Å²) in [6, 6.07) is 7.81. The summed E-state index contributed by atoms with van der Waals surface area (Å²) in [4.78, 5) is 16.9. The Kier molecular flexibility index (Phi) is 3.83. The van der Waals surface area contributed by atoms with E-state index < -0.39 is 0 Å². The van der Waals surface area contributed by atoms with Gasteiger partial charge in [0.15, 0.2) is 0 Å². The lowest BCUT2D eigenvalue weighted by molar-refractivity contribution is -0.110. The van der Waals surface area contributed by atoms with E-state index in [-0.39, 0.29) is 5.91 Å². The number of hydrogen-bond acceptors (Lipinski definition) is 2. The maximum Gasteiger partial charge on any atom is 0.275 e. The molecule has 0 aliphatic carbocycles. The Bertz CT molecular complexity index is 843. The number of benzene rings is 2. The van der Waals surface area contributed by atoms with Crippen LogP contribution >= 0.6 is 27.5 Å². The predicted octanol–water partition coefficient (Wildman–Crippen LogP) is 5.10. The van der Waals surface area contributed by atoms with Crippen LogP contribution in [0.15, 0.2) is 33.7 Å². The van der Waals surface area contributed by atoms with Crippen molar-refractivity contribution in [1.82, 2.24) is 0 Å². The molecule has 0 fully saturated rings. The van der Waals surface area contributed by atoms with Crippen molar-refractivity contribution >= 4 is 50.5 Å². The second-order valence-corrected chi connectivity index (χ2v) is 6.66. The van der Waals surface area contributed by atoms with Crippen molar-refractivity contribution in [2.75, 3.05) is 5.32 Å². The number of carbonyl (C=O) groups excluding carboxylic acids is 1. The van der Waals surface area contributed by atoms with E-state index in [1.54, 1.807) is 0 Å². The van der Waals surface area contributed by atoms with Gasteiger partial charge in [-0.3, -0.25) is 4.79 Å². The fourth-order valence-electron chi connectivity index (χ4n) is 2.56. The Hall–Kier alpha value is -1.65. The number of amides is 1. The lowest BCUT2D eigenvalue weighted by Gasteiger charge is -2.07. The Labute approximate surface area is 142 Å². The fourth-order valence-corrected chi connectivity index (χ4v) is 3.23. The molecule has 3 rings (SSSR count). The molecule has 1 aliphatic rings. The van der Waals surface area contributed by atoms with Crippen molar-refractivity contribution < 1.29 is 4.79 Å². The first-order valence-corrected chi connectivity index (χ1v) is 8.02. The van der Waals surface area contributed by atoms with Crippen LogP contribution in [0.4, 0.5) is 11.4 Å². The Balaban J connectivity index is 2.18. The predicted molar refractivity (Wildman–Crippen MR) is 94.6 cm³/mol. The maximum absolute atomic E-state index is 12.3. The van der Waals surface area contributed by atoms with E-state index in [0.29, 0.717) is 10.7 Å². The van der Waals surface area contributed by atoms with Gasteiger partial charge in [-0.25, -0.2) is 4.99 Å². The Morgan fingerprint density at radius 2 is 1.91 bits per heavy atom. The highest BCUT2D eigenvalue weighted by Gasteiger charge is 2.29. The number of halogens is 2. The number of carbonyl (C=O) groups is 1. The molecule has 0 radical (unpaired) electrons. The van der Waals surface area contributed by atoms with Gasteiger partial charge < -0.3 is 5.32 Å². The highest BCUT2D eigenvalue weighted by molar-refractivity contribution is 9.10. The second kappa shape index (κ2) is 5.52. The second-order valence-electron chi connectivity index (χ2n) is 5.42. The van der Waals surface area contributed by atoms with Crippen LogP contribution in [0.1, 0.15) is 22.3 Å². The molecular formula is C17H14BrClN2O. The molecule has 0 unspecified atom stereocenters. The molecule has 5 heteroatoms. The van der Waals surface area contributed by atoms with Crippen molar-refractivity contribution in [3.05, 3.63) is 56.0 Å². The topological polar surface area (TPSA) is 41.5 Å². The Morgan fingerprint density at radius 3 is 2.59 bits per heavy atom. The van der Waals surface area contributed by atoms with Crippen molar-refractivity contribution in [2.45, 2.75) is 20.8 Å². The molecular weight excluding hydrogens is 364 g/mol. The number of nitrogens with one attached hydrogen (secondary N) is 1. The number of aliphatic imine (C=N–C) groups is 1. The molecule has 0 bridgehead atoms. The van der Waals surface area contributed by atoms with Gasteiger partial charge in [0.05, 0.1) is 16.4 Å². The zero-order valence-electron chi connectivity index (χ0n) is 12.4. The lowest BCUT2D eigenvalue weighted by Crippen LogP contribution is -2.14. The van der Waals surface area contributed by atoms with Crippen molar-refractivity contribution in [1.29, 1.82) is 0 Å².